The fourth-order valence-electron chi connectivity index (χ4n) is 5.10. The molecule has 1 aliphatic rings. The van der Waals surface area contributed by atoms with Crippen LogP contribution in [0.15, 0.2) is 54.6 Å². The highest BCUT2D eigenvalue weighted by Crippen LogP contribution is 2.27. The second-order valence-electron chi connectivity index (χ2n) is 11.0. The largest absolute Gasteiger partial charge is 0.465 e. The van der Waals surface area contributed by atoms with E-state index in [1.54, 1.807) is 6.92 Å². The zero-order chi connectivity index (χ0) is 32.6. The van der Waals surface area contributed by atoms with Crippen molar-refractivity contribution in [1.29, 1.82) is 0 Å². The number of hydrogen-bond acceptors (Lipinski definition) is 9. The number of amides is 3. The summed E-state index contributed by atoms with van der Waals surface area (Å²) in [6.45, 7) is 2.52. The van der Waals surface area contributed by atoms with Gasteiger partial charge in [-0.1, -0.05) is 62.4 Å². The summed E-state index contributed by atoms with van der Waals surface area (Å²) in [6, 6.07) is 13.0. The summed E-state index contributed by atoms with van der Waals surface area (Å²) in [6.07, 6.45) is 3.60. The molecule has 0 radical (unpaired) electrons. The van der Waals surface area contributed by atoms with Gasteiger partial charge in [0.05, 0.1) is 25.9 Å². The molecule has 0 saturated heterocycles. The molecule has 3 atom stereocenters. The van der Waals surface area contributed by atoms with Crippen molar-refractivity contribution in [3.8, 4) is 5.75 Å². The molecule has 2 aromatic carbocycles. The maximum Gasteiger partial charge on any atom is 0.325 e. The van der Waals surface area contributed by atoms with E-state index in [2.05, 4.69) is 16.0 Å². The van der Waals surface area contributed by atoms with Gasteiger partial charge in [-0.25, -0.2) is 0 Å². The lowest BCUT2D eigenvalue weighted by Gasteiger charge is -2.29. The summed E-state index contributed by atoms with van der Waals surface area (Å²) in [5.41, 5.74) is 1.11. The van der Waals surface area contributed by atoms with Gasteiger partial charge in [-0.3, -0.25) is 24.0 Å². The first-order valence-corrected chi connectivity index (χ1v) is 15.3. The standard InChI is InChI=1S/C33H43N3O9/c1-3-44-29(38)19-34-33(42)30(39)28(21-43-20-24-12-8-5-9-13-24)36-32(41)27(18-23-10-6-4-7-11-23)35-31(40)25-14-16-26(17-15-25)45-22(2)37/h5,8-9,12-17,23,27-28,30,39H,3-4,6-7,10-11,18-21H2,1-2H3,(H,34,42)(H,35,40)(H,36,41)/t27-,28-,30?/m0/s1. The van der Waals surface area contributed by atoms with Crippen LogP contribution < -0.4 is 20.7 Å². The number of aliphatic hydroxyl groups excluding tert-OH is 1. The first kappa shape index (κ1) is 35.2. The Morgan fingerprint density at radius 3 is 2.24 bits per heavy atom. The first-order valence-electron chi connectivity index (χ1n) is 15.3. The van der Waals surface area contributed by atoms with Crippen molar-refractivity contribution in [2.75, 3.05) is 19.8 Å². The van der Waals surface area contributed by atoms with Crippen molar-refractivity contribution >= 4 is 29.7 Å². The van der Waals surface area contributed by atoms with Gasteiger partial charge >= 0.3 is 11.9 Å². The Bertz CT molecular complexity index is 1260. The van der Waals surface area contributed by atoms with Crippen LogP contribution in [0.25, 0.3) is 0 Å². The van der Waals surface area contributed by atoms with Crippen molar-refractivity contribution in [3.63, 3.8) is 0 Å². The van der Waals surface area contributed by atoms with E-state index >= 15 is 0 Å². The number of benzene rings is 2. The maximum absolute atomic E-state index is 13.7. The van der Waals surface area contributed by atoms with Gasteiger partial charge < -0.3 is 35.3 Å². The molecule has 0 heterocycles. The minimum atomic E-state index is -1.76. The Balaban J connectivity index is 1.75. The van der Waals surface area contributed by atoms with Gasteiger partial charge in [-0.05, 0) is 49.1 Å². The number of carbonyl (C=O) groups is 5. The van der Waals surface area contributed by atoms with Crippen molar-refractivity contribution in [2.24, 2.45) is 5.92 Å². The third-order valence-corrected chi connectivity index (χ3v) is 7.39. The summed E-state index contributed by atoms with van der Waals surface area (Å²) < 4.78 is 15.6. The monoisotopic (exact) mass is 625 g/mol. The lowest BCUT2D eigenvalue weighted by Crippen LogP contribution is -2.57. The topological polar surface area (TPSA) is 169 Å². The summed E-state index contributed by atoms with van der Waals surface area (Å²) in [5, 5.41) is 18.8. The number of carbonyl (C=O) groups excluding carboxylic acids is 5. The summed E-state index contributed by atoms with van der Waals surface area (Å²) in [5.74, 6) is -2.67. The Labute approximate surface area is 263 Å². The normalized spacial score (nSPS) is 15.2. The SMILES string of the molecule is CCOC(=O)CNC(=O)C(O)[C@H](COCc1ccccc1)NC(=O)[C@H](CC1CCCCC1)NC(=O)c1ccc(OC(C)=O)cc1. The van der Waals surface area contributed by atoms with Crippen LogP contribution in [0.3, 0.4) is 0 Å². The van der Waals surface area contributed by atoms with Gasteiger partial charge in [0.1, 0.15) is 18.3 Å². The smallest absolute Gasteiger partial charge is 0.325 e. The maximum atomic E-state index is 13.7. The number of esters is 2. The van der Waals surface area contributed by atoms with Crippen LogP contribution in [0.5, 0.6) is 5.75 Å². The van der Waals surface area contributed by atoms with Gasteiger partial charge in [0, 0.05) is 12.5 Å². The van der Waals surface area contributed by atoms with Crippen molar-refractivity contribution < 1.29 is 43.3 Å². The molecule has 1 aliphatic carbocycles. The molecule has 1 saturated carbocycles. The van der Waals surface area contributed by atoms with E-state index in [0.29, 0.717) is 6.42 Å². The Hall–Kier alpha value is -4.29. The van der Waals surface area contributed by atoms with Gasteiger partial charge in [0.2, 0.25) is 5.91 Å². The fraction of sp³-hybridized carbons (Fsp3) is 0.485. The lowest BCUT2D eigenvalue weighted by atomic mass is 9.84. The van der Waals surface area contributed by atoms with E-state index in [1.807, 2.05) is 30.3 Å². The zero-order valence-corrected chi connectivity index (χ0v) is 25.8. The molecule has 0 aliphatic heterocycles. The molecular weight excluding hydrogens is 582 g/mol. The molecule has 0 bridgehead atoms. The van der Waals surface area contributed by atoms with E-state index in [1.165, 1.54) is 31.2 Å². The minimum absolute atomic E-state index is 0.133. The van der Waals surface area contributed by atoms with Crippen LogP contribution in [-0.2, 0) is 35.3 Å². The molecule has 0 aromatic heterocycles. The molecule has 12 nitrogen and oxygen atoms in total. The second kappa shape index (κ2) is 18.5. The van der Waals surface area contributed by atoms with Crippen LogP contribution in [0.2, 0.25) is 0 Å². The van der Waals surface area contributed by atoms with Crippen LogP contribution in [0.1, 0.15) is 68.3 Å². The average Bonchev–Trinajstić information content (AvgIpc) is 3.03. The third kappa shape index (κ3) is 12.3. The van der Waals surface area contributed by atoms with Gasteiger partial charge in [0.15, 0.2) is 6.10 Å². The molecule has 1 fully saturated rings. The van der Waals surface area contributed by atoms with Crippen molar-refractivity contribution in [1.82, 2.24) is 16.0 Å². The van der Waals surface area contributed by atoms with Crippen LogP contribution in [-0.4, -0.2) is 72.7 Å². The molecule has 2 aromatic rings. The Kier molecular flexibility index (Phi) is 14.5. The quantitative estimate of drug-likeness (QED) is 0.162. The first-order chi connectivity index (χ1) is 21.7. The number of hydrogen-bond donors (Lipinski definition) is 4. The second-order valence-corrected chi connectivity index (χ2v) is 11.0. The lowest BCUT2D eigenvalue weighted by molar-refractivity contribution is -0.145. The summed E-state index contributed by atoms with van der Waals surface area (Å²) in [7, 11) is 0. The molecule has 244 valence electrons. The molecule has 45 heavy (non-hydrogen) atoms. The molecule has 12 heteroatoms. The minimum Gasteiger partial charge on any atom is -0.465 e. The highest BCUT2D eigenvalue weighted by molar-refractivity contribution is 5.98. The van der Waals surface area contributed by atoms with Crippen LogP contribution in [0.4, 0.5) is 0 Å². The zero-order valence-electron chi connectivity index (χ0n) is 25.8. The predicted octanol–water partition coefficient (Wildman–Crippen LogP) is 2.42. The molecule has 1 unspecified atom stereocenters. The highest BCUT2D eigenvalue weighted by atomic mass is 16.5. The van der Waals surface area contributed by atoms with E-state index < -0.39 is 54.4 Å². The van der Waals surface area contributed by atoms with Crippen LogP contribution in [0, 0.1) is 5.92 Å². The van der Waals surface area contributed by atoms with Crippen LogP contribution >= 0.6 is 0 Å². The average molecular weight is 626 g/mol. The summed E-state index contributed by atoms with van der Waals surface area (Å²) >= 11 is 0. The van der Waals surface area contributed by atoms with Gasteiger partial charge in [-0.15, -0.1) is 0 Å². The fourth-order valence-corrected chi connectivity index (χ4v) is 5.10. The highest BCUT2D eigenvalue weighted by Gasteiger charge is 2.33. The van der Waals surface area contributed by atoms with Crippen molar-refractivity contribution in [2.45, 2.75) is 77.2 Å². The molecule has 3 amide bonds. The molecule has 4 N–H and O–H groups in total. The predicted molar refractivity (Wildman–Crippen MR) is 164 cm³/mol. The van der Waals surface area contributed by atoms with E-state index in [9.17, 15) is 29.1 Å². The van der Waals surface area contributed by atoms with E-state index in [4.69, 9.17) is 14.2 Å². The summed E-state index contributed by atoms with van der Waals surface area (Å²) in [4.78, 5) is 62.7. The Morgan fingerprint density at radius 2 is 1.60 bits per heavy atom. The van der Waals surface area contributed by atoms with E-state index in [-0.39, 0.29) is 37.1 Å². The van der Waals surface area contributed by atoms with Gasteiger partial charge in [0.25, 0.3) is 11.8 Å². The van der Waals surface area contributed by atoms with Gasteiger partial charge in [-0.2, -0.15) is 0 Å². The van der Waals surface area contributed by atoms with Crippen molar-refractivity contribution in [3.05, 3.63) is 65.7 Å². The third-order valence-electron chi connectivity index (χ3n) is 7.39. The number of aliphatic hydroxyl groups is 1. The number of ether oxygens (including phenoxy) is 3. The number of rotatable bonds is 16. The molecular formula is C33H43N3O9. The Morgan fingerprint density at radius 1 is 0.911 bits per heavy atom. The van der Waals surface area contributed by atoms with E-state index in [0.717, 1.165) is 37.7 Å². The molecule has 3 rings (SSSR count). The number of nitrogens with one attached hydrogen (secondary N) is 3. The molecule has 0 spiro atoms.